The van der Waals surface area contributed by atoms with Crippen molar-refractivity contribution in [2.24, 2.45) is 0 Å². The Bertz CT molecular complexity index is 993. The molecular formula is C16H18O7S2. The highest BCUT2D eigenvalue weighted by Crippen LogP contribution is 2.34. The Morgan fingerprint density at radius 2 is 1.68 bits per heavy atom. The minimum absolute atomic E-state index is 0.0405. The monoisotopic (exact) mass is 386 g/mol. The highest BCUT2D eigenvalue weighted by Gasteiger charge is 2.31. The van der Waals surface area contributed by atoms with Gasteiger partial charge in [0.05, 0.1) is 13.7 Å². The van der Waals surface area contributed by atoms with E-state index in [2.05, 4.69) is 4.18 Å². The molecule has 0 spiro atoms. The van der Waals surface area contributed by atoms with E-state index in [9.17, 15) is 21.6 Å². The molecule has 0 aromatic heterocycles. The molecule has 2 aromatic carbocycles. The van der Waals surface area contributed by atoms with E-state index in [0.717, 1.165) is 13.2 Å². The number of benzene rings is 2. The van der Waals surface area contributed by atoms with Gasteiger partial charge in [-0.05, 0) is 17.9 Å². The maximum atomic E-state index is 12.7. The quantitative estimate of drug-likeness (QED) is 0.390. The molecule has 136 valence electrons. The molecule has 7 nitrogen and oxygen atoms in total. The Hall–Kier alpha value is -1.81. The summed E-state index contributed by atoms with van der Waals surface area (Å²) in [4.78, 5) is 10.2. The molecule has 0 saturated carbocycles. The molecule has 25 heavy (non-hydrogen) atoms. The van der Waals surface area contributed by atoms with Gasteiger partial charge >= 0.3 is 0 Å². The van der Waals surface area contributed by atoms with Gasteiger partial charge in [-0.1, -0.05) is 37.6 Å². The van der Waals surface area contributed by atoms with Gasteiger partial charge in [0.15, 0.2) is 6.29 Å². The summed E-state index contributed by atoms with van der Waals surface area (Å²) < 4.78 is 59.3. The van der Waals surface area contributed by atoms with Crippen LogP contribution in [0.3, 0.4) is 0 Å². The van der Waals surface area contributed by atoms with Crippen LogP contribution in [0.4, 0.5) is 0 Å². The number of carbonyl (C=O) groups excluding carboxylic acids is 1. The molecule has 0 N–H and O–H groups in total. The minimum Gasteiger partial charge on any atom is -0.298 e. The fourth-order valence-corrected chi connectivity index (χ4v) is 4.96. The third kappa shape index (κ3) is 3.90. The molecule has 9 heteroatoms. The Morgan fingerprint density at radius 3 is 2.24 bits per heavy atom. The van der Waals surface area contributed by atoms with Crippen molar-refractivity contribution in [2.45, 2.75) is 29.6 Å². The van der Waals surface area contributed by atoms with Gasteiger partial charge in [0.25, 0.3) is 20.2 Å². The highest BCUT2D eigenvalue weighted by molar-refractivity contribution is 7.90. The van der Waals surface area contributed by atoms with Crippen LogP contribution in [0, 0.1) is 0 Å². The molecule has 0 fully saturated rings. The maximum absolute atomic E-state index is 12.7. The lowest BCUT2D eigenvalue weighted by Gasteiger charge is -2.14. The summed E-state index contributed by atoms with van der Waals surface area (Å²) >= 11 is 0. The smallest absolute Gasteiger partial charge is 0.298 e. The zero-order chi connectivity index (χ0) is 18.7. The lowest BCUT2D eigenvalue weighted by molar-refractivity contribution is 0.112. The van der Waals surface area contributed by atoms with Crippen molar-refractivity contribution in [1.82, 2.24) is 0 Å². The third-order valence-electron chi connectivity index (χ3n) is 3.60. The number of unbranched alkanes of at least 4 members (excludes halogenated alkanes) is 1. The number of hydrogen-bond acceptors (Lipinski definition) is 7. The molecule has 0 bridgehead atoms. The first-order valence-electron chi connectivity index (χ1n) is 7.49. The minimum atomic E-state index is -4.38. The molecule has 2 rings (SSSR count). The molecular weight excluding hydrogens is 368 g/mol. The van der Waals surface area contributed by atoms with Crippen LogP contribution in [0.5, 0.6) is 0 Å². The molecule has 0 aliphatic carbocycles. The predicted molar refractivity (Wildman–Crippen MR) is 91.6 cm³/mol. The van der Waals surface area contributed by atoms with Crippen molar-refractivity contribution < 1.29 is 30.0 Å². The summed E-state index contributed by atoms with van der Waals surface area (Å²) in [7, 11) is -7.85. The molecule has 2 aromatic rings. The first kappa shape index (κ1) is 19.5. The van der Waals surface area contributed by atoms with Crippen LogP contribution in [0.15, 0.2) is 40.1 Å². The zero-order valence-corrected chi connectivity index (χ0v) is 15.4. The van der Waals surface area contributed by atoms with Crippen LogP contribution in [0.1, 0.15) is 30.1 Å². The van der Waals surface area contributed by atoms with E-state index in [0.29, 0.717) is 24.5 Å². The van der Waals surface area contributed by atoms with Crippen molar-refractivity contribution in [1.29, 1.82) is 0 Å². The van der Waals surface area contributed by atoms with E-state index in [1.807, 2.05) is 6.92 Å². The molecule has 0 aliphatic heterocycles. The van der Waals surface area contributed by atoms with Gasteiger partial charge in [-0.25, -0.2) is 0 Å². The third-order valence-corrected chi connectivity index (χ3v) is 6.44. The van der Waals surface area contributed by atoms with E-state index >= 15 is 0 Å². The van der Waals surface area contributed by atoms with Crippen LogP contribution in [0.25, 0.3) is 10.8 Å². The number of rotatable bonds is 8. The highest BCUT2D eigenvalue weighted by atomic mass is 32.2. The van der Waals surface area contributed by atoms with Crippen LogP contribution in [-0.2, 0) is 28.6 Å². The molecule has 0 unspecified atom stereocenters. The van der Waals surface area contributed by atoms with E-state index in [-0.39, 0.29) is 17.6 Å². The van der Waals surface area contributed by atoms with E-state index in [1.54, 1.807) is 12.1 Å². The SMILES string of the molecule is CCCCOS(=O)(=O)c1c(S(=O)(=O)OC)cc(C=O)c2ccccc12. The summed E-state index contributed by atoms with van der Waals surface area (Å²) in [5.74, 6) is 0. The Balaban J connectivity index is 2.89. The second-order valence-corrected chi connectivity index (χ2v) is 8.44. The summed E-state index contributed by atoms with van der Waals surface area (Å²) in [6.45, 7) is 1.79. The maximum Gasteiger partial charge on any atom is 0.299 e. The van der Waals surface area contributed by atoms with E-state index < -0.39 is 30.0 Å². The van der Waals surface area contributed by atoms with Crippen LogP contribution in [0.2, 0.25) is 0 Å². The summed E-state index contributed by atoms with van der Waals surface area (Å²) in [6, 6.07) is 7.12. The van der Waals surface area contributed by atoms with Crippen LogP contribution < -0.4 is 0 Å². The largest absolute Gasteiger partial charge is 0.299 e. The van der Waals surface area contributed by atoms with Crippen molar-refractivity contribution in [2.75, 3.05) is 13.7 Å². The van der Waals surface area contributed by atoms with Crippen molar-refractivity contribution >= 4 is 37.3 Å². The van der Waals surface area contributed by atoms with Crippen molar-refractivity contribution in [3.8, 4) is 0 Å². The van der Waals surface area contributed by atoms with Gasteiger partial charge in [-0.15, -0.1) is 0 Å². The molecule has 0 atom stereocenters. The standard InChI is InChI=1S/C16H18O7S2/c1-3-4-9-23-25(20,21)16-14-8-6-5-7-13(14)12(11-17)10-15(16)24(18,19)22-2/h5-8,10-11H,3-4,9H2,1-2H3. The number of aldehydes is 1. The van der Waals surface area contributed by atoms with Crippen LogP contribution >= 0.6 is 0 Å². The topological polar surface area (TPSA) is 104 Å². The van der Waals surface area contributed by atoms with Gasteiger partial charge in [0, 0.05) is 10.9 Å². The predicted octanol–water partition coefficient (Wildman–Crippen LogP) is 2.49. The fraction of sp³-hybridized carbons (Fsp3) is 0.312. The number of carbonyl (C=O) groups is 1. The summed E-state index contributed by atoms with van der Waals surface area (Å²) in [5, 5.41) is 0.393. The lowest BCUT2D eigenvalue weighted by Crippen LogP contribution is -2.15. The first-order valence-corrected chi connectivity index (χ1v) is 10.3. The van der Waals surface area contributed by atoms with Crippen molar-refractivity contribution in [3.63, 3.8) is 0 Å². The Kier molecular flexibility index (Phi) is 5.94. The van der Waals surface area contributed by atoms with Gasteiger partial charge < -0.3 is 0 Å². The lowest BCUT2D eigenvalue weighted by atomic mass is 10.1. The summed E-state index contributed by atoms with van der Waals surface area (Å²) in [6.07, 6.45) is 1.67. The van der Waals surface area contributed by atoms with E-state index in [4.69, 9.17) is 4.18 Å². The fourth-order valence-electron chi connectivity index (χ4n) is 2.35. The average molecular weight is 386 g/mol. The van der Waals surface area contributed by atoms with Gasteiger partial charge in [-0.3, -0.25) is 13.2 Å². The molecule has 0 amide bonds. The number of fused-ring (bicyclic) bond motifs is 1. The van der Waals surface area contributed by atoms with E-state index in [1.165, 1.54) is 12.1 Å². The van der Waals surface area contributed by atoms with Gasteiger partial charge in [-0.2, -0.15) is 16.8 Å². The second-order valence-electron chi connectivity index (χ2n) is 5.21. The molecule has 0 saturated heterocycles. The van der Waals surface area contributed by atoms with Crippen LogP contribution in [-0.4, -0.2) is 36.8 Å². The normalized spacial score (nSPS) is 12.4. The Labute approximate surface area is 146 Å². The second kappa shape index (κ2) is 7.61. The molecule has 0 radical (unpaired) electrons. The first-order chi connectivity index (χ1) is 11.8. The number of hydrogen-bond donors (Lipinski definition) is 0. The molecule has 0 aliphatic rings. The molecule has 0 heterocycles. The Morgan fingerprint density at radius 1 is 1.04 bits per heavy atom. The van der Waals surface area contributed by atoms with Gasteiger partial charge in [0.2, 0.25) is 0 Å². The summed E-state index contributed by atoms with van der Waals surface area (Å²) in [5.41, 5.74) is 0.0405. The zero-order valence-electron chi connectivity index (χ0n) is 13.8. The van der Waals surface area contributed by atoms with Crippen molar-refractivity contribution in [3.05, 3.63) is 35.9 Å². The van der Waals surface area contributed by atoms with Gasteiger partial charge in [0.1, 0.15) is 9.79 Å². The average Bonchev–Trinajstić information content (AvgIpc) is 2.60.